The maximum atomic E-state index is 11.0. The molecule has 0 aliphatic heterocycles. The van der Waals surface area contributed by atoms with Crippen LogP contribution in [0.25, 0.3) is 0 Å². The molecule has 20 heavy (non-hydrogen) atoms. The first-order valence-corrected chi connectivity index (χ1v) is 5.86. The van der Waals surface area contributed by atoms with Gasteiger partial charge in [-0.3, -0.25) is 9.59 Å². The van der Waals surface area contributed by atoms with Gasteiger partial charge in [-0.25, -0.2) is 0 Å². The van der Waals surface area contributed by atoms with E-state index in [4.69, 9.17) is 14.9 Å². The largest absolute Gasteiger partial charge is 0.480 e. The van der Waals surface area contributed by atoms with Crippen LogP contribution >= 0.6 is 0 Å². The Morgan fingerprint density at radius 3 is 2.05 bits per heavy atom. The normalized spacial score (nSPS) is 10.2. The molecular weight excluding hydrogens is 260 g/mol. The summed E-state index contributed by atoms with van der Waals surface area (Å²) in [6.07, 6.45) is 0. The molecule has 0 saturated carbocycles. The number of hydrogen-bond acceptors (Lipinski definition) is 3. The van der Waals surface area contributed by atoms with Crippen molar-refractivity contribution in [2.75, 3.05) is 0 Å². The van der Waals surface area contributed by atoms with Crippen molar-refractivity contribution < 1.29 is 24.5 Å². The van der Waals surface area contributed by atoms with Gasteiger partial charge in [0.1, 0.15) is 11.5 Å². The van der Waals surface area contributed by atoms with Crippen LogP contribution in [0.3, 0.4) is 0 Å². The first-order chi connectivity index (χ1) is 9.58. The Balaban J connectivity index is 2.28. The van der Waals surface area contributed by atoms with Crippen molar-refractivity contribution in [3.8, 4) is 11.5 Å². The van der Waals surface area contributed by atoms with Crippen LogP contribution in [0.1, 0.15) is 11.5 Å². The van der Waals surface area contributed by atoms with E-state index < -0.39 is 17.9 Å². The lowest BCUT2D eigenvalue weighted by atomic mass is 9.99. The molecule has 2 aromatic rings. The van der Waals surface area contributed by atoms with Gasteiger partial charge in [-0.15, -0.1) is 0 Å². The summed E-state index contributed by atoms with van der Waals surface area (Å²) in [6, 6.07) is 15.0. The van der Waals surface area contributed by atoms with Gasteiger partial charge in [-0.2, -0.15) is 0 Å². The first-order valence-electron chi connectivity index (χ1n) is 5.86. The number of carbonyl (C=O) groups is 2. The molecule has 0 aliphatic rings. The summed E-state index contributed by atoms with van der Waals surface area (Å²) in [4.78, 5) is 22.0. The third-order valence-electron chi connectivity index (χ3n) is 2.66. The highest BCUT2D eigenvalue weighted by Crippen LogP contribution is 2.25. The zero-order valence-corrected chi connectivity index (χ0v) is 10.4. The van der Waals surface area contributed by atoms with Crippen molar-refractivity contribution in [1.82, 2.24) is 0 Å². The van der Waals surface area contributed by atoms with E-state index in [1.165, 1.54) is 12.1 Å². The third-order valence-corrected chi connectivity index (χ3v) is 2.66. The summed E-state index contributed by atoms with van der Waals surface area (Å²) >= 11 is 0. The molecule has 0 saturated heterocycles. The second kappa shape index (κ2) is 5.88. The zero-order chi connectivity index (χ0) is 14.5. The third kappa shape index (κ3) is 3.14. The predicted molar refractivity (Wildman–Crippen MR) is 71.0 cm³/mol. The lowest BCUT2D eigenvalue weighted by molar-refractivity contribution is -0.150. The minimum absolute atomic E-state index is 0.165. The number of ether oxygens (including phenoxy) is 1. The number of benzene rings is 2. The van der Waals surface area contributed by atoms with Gasteiger partial charge in [0.15, 0.2) is 5.92 Å². The van der Waals surface area contributed by atoms with E-state index in [1.54, 1.807) is 36.4 Å². The van der Waals surface area contributed by atoms with E-state index >= 15 is 0 Å². The fourth-order valence-electron chi connectivity index (χ4n) is 1.77. The van der Waals surface area contributed by atoms with Gasteiger partial charge in [0.2, 0.25) is 0 Å². The Hall–Kier alpha value is -2.82. The van der Waals surface area contributed by atoms with Gasteiger partial charge in [0.05, 0.1) is 0 Å². The quantitative estimate of drug-likeness (QED) is 0.817. The molecule has 0 aliphatic carbocycles. The van der Waals surface area contributed by atoms with Crippen LogP contribution in [0, 0.1) is 0 Å². The molecule has 2 N–H and O–H groups in total. The molecule has 0 unspecified atom stereocenters. The summed E-state index contributed by atoms with van der Waals surface area (Å²) in [5.74, 6) is -3.44. The van der Waals surface area contributed by atoms with Gasteiger partial charge in [0.25, 0.3) is 0 Å². The molecule has 0 fully saturated rings. The highest BCUT2D eigenvalue weighted by molar-refractivity contribution is 5.99. The minimum atomic E-state index is -1.60. The van der Waals surface area contributed by atoms with Gasteiger partial charge >= 0.3 is 11.9 Å². The SMILES string of the molecule is O=C(O)C(C(=O)O)c1cccc(Oc2ccccc2)c1. The summed E-state index contributed by atoms with van der Waals surface area (Å²) in [5, 5.41) is 17.9. The maximum absolute atomic E-state index is 11.0. The molecule has 2 aromatic carbocycles. The number of para-hydroxylation sites is 1. The Morgan fingerprint density at radius 2 is 1.45 bits per heavy atom. The molecule has 0 heterocycles. The number of hydrogen-bond donors (Lipinski definition) is 2. The molecule has 0 atom stereocenters. The van der Waals surface area contributed by atoms with Crippen LogP contribution in [0.4, 0.5) is 0 Å². The standard InChI is InChI=1S/C15H12O5/c16-14(17)13(15(18)19)10-5-4-8-12(9-10)20-11-6-2-1-3-7-11/h1-9,13H,(H,16,17)(H,18,19). The van der Waals surface area contributed by atoms with E-state index in [0.717, 1.165) is 0 Å². The van der Waals surface area contributed by atoms with Gasteiger partial charge in [-0.1, -0.05) is 30.3 Å². The van der Waals surface area contributed by atoms with E-state index in [0.29, 0.717) is 11.5 Å². The van der Waals surface area contributed by atoms with E-state index in [-0.39, 0.29) is 5.56 Å². The molecular formula is C15H12O5. The average Bonchev–Trinajstić information content (AvgIpc) is 2.39. The number of aliphatic carboxylic acids is 2. The van der Waals surface area contributed by atoms with Crippen LogP contribution in [-0.4, -0.2) is 22.2 Å². The summed E-state index contributed by atoms with van der Waals surface area (Å²) < 4.78 is 5.54. The molecule has 102 valence electrons. The van der Waals surface area contributed by atoms with Gasteiger partial charge in [0, 0.05) is 0 Å². The van der Waals surface area contributed by atoms with Crippen molar-refractivity contribution in [2.45, 2.75) is 5.92 Å². The monoisotopic (exact) mass is 272 g/mol. The molecule has 2 rings (SSSR count). The van der Waals surface area contributed by atoms with Crippen LogP contribution in [0.5, 0.6) is 11.5 Å². The zero-order valence-electron chi connectivity index (χ0n) is 10.4. The molecule has 0 radical (unpaired) electrons. The second-order valence-electron chi connectivity index (χ2n) is 4.10. The molecule has 0 bridgehead atoms. The second-order valence-corrected chi connectivity index (χ2v) is 4.10. The summed E-state index contributed by atoms with van der Waals surface area (Å²) in [5.41, 5.74) is 0.165. The van der Waals surface area contributed by atoms with E-state index in [2.05, 4.69) is 0 Å². The number of rotatable bonds is 5. The molecule has 5 nitrogen and oxygen atoms in total. The lowest BCUT2D eigenvalue weighted by Gasteiger charge is -2.10. The highest BCUT2D eigenvalue weighted by atomic mass is 16.5. The fraction of sp³-hybridized carbons (Fsp3) is 0.0667. The van der Waals surface area contributed by atoms with E-state index in [9.17, 15) is 9.59 Å². The van der Waals surface area contributed by atoms with E-state index in [1.807, 2.05) is 6.07 Å². The Bertz CT molecular complexity index is 607. The van der Waals surface area contributed by atoms with Crippen molar-refractivity contribution in [1.29, 1.82) is 0 Å². The summed E-state index contributed by atoms with van der Waals surface area (Å²) in [6.45, 7) is 0. The minimum Gasteiger partial charge on any atom is -0.480 e. The molecule has 0 aromatic heterocycles. The topological polar surface area (TPSA) is 83.8 Å². The lowest BCUT2D eigenvalue weighted by Crippen LogP contribution is -2.20. The molecule has 0 amide bonds. The van der Waals surface area contributed by atoms with Crippen molar-refractivity contribution in [3.63, 3.8) is 0 Å². The average molecular weight is 272 g/mol. The Morgan fingerprint density at radius 1 is 0.850 bits per heavy atom. The van der Waals surface area contributed by atoms with Crippen LogP contribution in [-0.2, 0) is 9.59 Å². The van der Waals surface area contributed by atoms with Crippen molar-refractivity contribution in [3.05, 3.63) is 60.2 Å². The Labute approximate surface area is 115 Å². The van der Waals surface area contributed by atoms with Crippen LogP contribution < -0.4 is 4.74 Å². The van der Waals surface area contributed by atoms with Crippen molar-refractivity contribution >= 4 is 11.9 Å². The number of carboxylic acids is 2. The summed E-state index contributed by atoms with van der Waals surface area (Å²) in [7, 11) is 0. The first kappa shape index (κ1) is 13.6. The highest BCUT2D eigenvalue weighted by Gasteiger charge is 2.28. The van der Waals surface area contributed by atoms with Crippen LogP contribution in [0.15, 0.2) is 54.6 Å². The molecule has 0 spiro atoms. The number of carboxylic acid groups (broad SMARTS) is 2. The van der Waals surface area contributed by atoms with Crippen molar-refractivity contribution in [2.24, 2.45) is 0 Å². The smallest absolute Gasteiger partial charge is 0.322 e. The maximum Gasteiger partial charge on any atom is 0.322 e. The Kier molecular flexibility index (Phi) is 4.00. The fourth-order valence-corrected chi connectivity index (χ4v) is 1.77. The van der Waals surface area contributed by atoms with Crippen LogP contribution in [0.2, 0.25) is 0 Å². The predicted octanol–water partition coefficient (Wildman–Crippen LogP) is 2.73. The van der Waals surface area contributed by atoms with Gasteiger partial charge < -0.3 is 14.9 Å². The molecule has 5 heteroatoms. The van der Waals surface area contributed by atoms with Gasteiger partial charge in [-0.05, 0) is 29.8 Å².